The molecule has 0 radical (unpaired) electrons. The van der Waals surface area contributed by atoms with Crippen molar-refractivity contribution in [2.75, 3.05) is 0 Å². The highest BCUT2D eigenvalue weighted by atomic mass is 19.1. The number of hydrogen-bond acceptors (Lipinski definition) is 2. The molecule has 1 amide bonds. The number of nitrogens with one attached hydrogen (secondary N) is 1. The van der Waals surface area contributed by atoms with Gasteiger partial charge in [-0.2, -0.15) is 0 Å². The minimum atomic E-state index is -0.908. The van der Waals surface area contributed by atoms with Crippen molar-refractivity contribution < 1.29 is 19.1 Å². The quantitative estimate of drug-likeness (QED) is 0.817. The number of carbonyl (C=O) groups is 2. The van der Waals surface area contributed by atoms with E-state index >= 15 is 0 Å². The number of benzene rings is 1. The van der Waals surface area contributed by atoms with Crippen molar-refractivity contribution in [2.45, 2.75) is 32.2 Å². The molecule has 0 saturated carbocycles. The zero-order chi connectivity index (χ0) is 13.5. The van der Waals surface area contributed by atoms with E-state index in [1.807, 2.05) is 0 Å². The van der Waals surface area contributed by atoms with Crippen molar-refractivity contribution in [1.82, 2.24) is 5.32 Å². The number of carboxylic acid groups (broad SMARTS) is 1. The average molecular weight is 253 g/mol. The van der Waals surface area contributed by atoms with Crippen molar-refractivity contribution in [3.63, 3.8) is 0 Å². The van der Waals surface area contributed by atoms with E-state index in [9.17, 15) is 14.0 Å². The van der Waals surface area contributed by atoms with E-state index in [1.165, 1.54) is 12.1 Å². The monoisotopic (exact) mass is 253 g/mol. The molecule has 1 rings (SSSR count). The van der Waals surface area contributed by atoms with Crippen LogP contribution in [0.2, 0.25) is 0 Å². The second kappa shape index (κ2) is 6.74. The standard InChI is InChI=1S/C13H16FNO3/c1-9(10-5-7-11(14)8-6-10)15-12(16)3-2-4-13(17)18/h5-9H,2-4H2,1H3,(H,15,16)(H,17,18)/t9-/m0/s1. The van der Waals surface area contributed by atoms with Crippen LogP contribution in [-0.2, 0) is 9.59 Å². The zero-order valence-electron chi connectivity index (χ0n) is 10.1. The minimum Gasteiger partial charge on any atom is -0.481 e. The summed E-state index contributed by atoms with van der Waals surface area (Å²) in [5.74, 6) is -1.43. The first-order valence-electron chi connectivity index (χ1n) is 5.75. The largest absolute Gasteiger partial charge is 0.481 e. The lowest BCUT2D eigenvalue weighted by atomic mass is 10.1. The molecule has 0 aliphatic heterocycles. The number of hydrogen-bond donors (Lipinski definition) is 2. The molecule has 0 aromatic heterocycles. The van der Waals surface area contributed by atoms with Gasteiger partial charge >= 0.3 is 5.97 Å². The Labute approximate surface area is 105 Å². The van der Waals surface area contributed by atoms with Gasteiger partial charge < -0.3 is 10.4 Å². The van der Waals surface area contributed by atoms with Crippen molar-refractivity contribution in [1.29, 1.82) is 0 Å². The molecule has 2 N–H and O–H groups in total. The number of rotatable bonds is 6. The van der Waals surface area contributed by atoms with Crippen molar-refractivity contribution in [3.05, 3.63) is 35.6 Å². The maximum atomic E-state index is 12.7. The van der Waals surface area contributed by atoms with Crippen LogP contribution in [0.1, 0.15) is 37.8 Å². The van der Waals surface area contributed by atoms with Gasteiger partial charge in [0.15, 0.2) is 0 Å². The van der Waals surface area contributed by atoms with Gasteiger partial charge in [-0.3, -0.25) is 9.59 Å². The molecule has 98 valence electrons. The molecular weight excluding hydrogens is 237 g/mol. The fourth-order valence-electron chi connectivity index (χ4n) is 1.55. The van der Waals surface area contributed by atoms with Gasteiger partial charge in [0.25, 0.3) is 0 Å². The molecule has 0 spiro atoms. The Hall–Kier alpha value is -1.91. The van der Waals surface area contributed by atoms with Crippen molar-refractivity contribution in [3.8, 4) is 0 Å². The molecule has 5 heteroatoms. The second-order valence-electron chi connectivity index (χ2n) is 4.09. The molecule has 18 heavy (non-hydrogen) atoms. The highest BCUT2D eigenvalue weighted by molar-refractivity contribution is 5.77. The summed E-state index contributed by atoms with van der Waals surface area (Å²) in [7, 11) is 0. The van der Waals surface area contributed by atoms with E-state index in [2.05, 4.69) is 5.32 Å². The van der Waals surface area contributed by atoms with Crippen LogP contribution in [-0.4, -0.2) is 17.0 Å². The summed E-state index contributed by atoms with van der Waals surface area (Å²) in [5, 5.41) is 11.2. The summed E-state index contributed by atoms with van der Waals surface area (Å²) in [4.78, 5) is 21.8. The zero-order valence-corrected chi connectivity index (χ0v) is 10.1. The fraction of sp³-hybridized carbons (Fsp3) is 0.385. The number of carboxylic acids is 1. The lowest BCUT2D eigenvalue weighted by molar-refractivity contribution is -0.137. The lowest BCUT2D eigenvalue weighted by Gasteiger charge is -2.14. The molecule has 0 bridgehead atoms. The predicted molar refractivity (Wildman–Crippen MR) is 64.4 cm³/mol. The molecule has 1 aromatic rings. The Balaban J connectivity index is 2.39. The highest BCUT2D eigenvalue weighted by Crippen LogP contribution is 2.13. The summed E-state index contributed by atoms with van der Waals surface area (Å²) in [5.41, 5.74) is 0.808. The molecule has 1 atom stereocenters. The van der Waals surface area contributed by atoms with Gasteiger partial charge in [-0.15, -0.1) is 0 Å². The van der Waals surface area contributed by atoms with E-state index in [1.54, 1.807) is 19.1 Å². The summed E-state index contributed by atoms with van der Waals surface area (Å²) in [6.45, 7) is 1.79. The minimum absolute atomic E-state index is 0.0155. The Morgan fingerprint density at radius 3 is 2.44 bits per heavy atom. The summed E-state index contributed by atoms with van der Waals surface area (Å²) in [6.07, 6.45) is 0.480. The van der Waals surface area contributed by atoms with Crippen LogP contribution < -0.4 is 5.32 Å². The van der Waals surface area contributed by atoms with E-state index in [-0.39, 0.29) is 30.6 Å². The van der Waals surface area contributed by atoms with Crippen LogP contribution in [0.25, 0.3) is 0 Å². The Morgan fingerprint density at radius 2 is 1.89 bits per heavy atom. The van der Waals surface area contributed by atoms with Gasteiger partial charge in [0, 0.05) is 12.8 Å². The number of carbonyl (C=O) groups excluding carboxylic acids is 1. The first-order valence-corrected chi connectivity index (χ1v) is 5.75. The van der Waals surface area contributed by atoms with Crippen LogP contribution in [0.5, 0.6) is 0 Å². The highest BCUT2D eigenvalue weighted by Gasteiger charge is 2.10. The number of amides is 1. The summed E-state index contributed by atoms with van der Waals surface area (Å²) < 4.78 is 12.7. The Bertz CT molecular complexity index is 417. The first-order chi connectivity index (χ1) is 8.49. The molecule has 4 nitrogen and oxygen atoms in total. The molecule has 0 fully saturated rings. The van der Waals surface area contributed by atoms with Crippen LogP contribution in [0, 0.1) is 5.82 Å². The maximum absolute atomic E-state index is 12.7. The van der Waals surface area contributed by atoms with Gasteiger partial charge in [-0.05, 0) is 31.0 Å². The molecule has 1 aromatic carbocycles. The van der Waals surface area contributed by atoms with Crippen LogP contribution in [0.3, 0.4) is 0 Å². The molecule has 0 saturated heterocycles. The third-order valence-corrected chi connectivity index (χ3v) is 2.54. The van der Waals surface area contributed by atoms with Crippen LogP contribution >= 0.6 is 0 Å². The van der Waals surface area contributed by atoms with Crippen LogP contribution in [0.15, 0.2) is 24.3 Å². The summed E-state index contributed by atoms with van der Waals surface area (Å²) >= 11 is 0. The van der Waals surface area contributed by atoms with Gasteiger partial charge in [-0.25, -0.2) is 4.39 Å². The molecule has 0 unspecified atom stereocenters. The van der Waals surface area contributed by atoms with Gasteiger partial charge in [0.2, 0.25) is 5.91 Å². The van der Waals surface area contributed by atoms with E-state index < -0.39 is 5.97 Å². The molecular formula is C13H16FNO3. The fourth-order valence-corrected chi connectivity index (χ4v) is 1.55. The molecule has 0 aliphatic rings. The Kier molecular flexibility index (Phi) is 5.30. The smallest absolute Gasteiger partial charge is 0.303 e. The SMILES string of the molecule is C[C@H](NC(=O)CCCC(=O)O)c1ccc(F)cc1. The normalized spacial score (nSPS) is 11.9. The van der Waals surface area contributed by atoms with E-state index in [0.717, 1.165) is 5.56 Å². The van der Waals surface area contributed by atoms with Crippen molar-refractivity contribution in [2.24, 2.45) is 0 Å². The van der Waals surface area contributed by atoms with Crippen molar-refractivity contribution >= 4 is 11.9 Å². The van der Waals surface area contributed by atoms with E-state index in [0.29, 0.717) is 6.42 Å². The summed E-state index contributed by atoms with van der Waals surface area (Å²) in [6, 6.07) is 5.67. The molecule has 0 aliphatic carbocycles. The van der Waals surface area contributed by atoms with Gasteiger partial charge in [0.1, 0.15) is 5.82 Å². The number of halogens is 1. The lowest BCUT2D eigenvalue weighted by Crippen LogP contribution is -2.26. The predicted octanol–water partition coefficient (Wildman–Crippen LogP) is 2.26. The average Bonchev–Trinajstić information content (AvgIpc) is 2.29. The topological polar surface area (TPSA) is 66.4 Å². The second-order valence-corrected chi connectivity index (χ2v) is 4.09. The van der Waals surface area contributed by atoms with E-state index in [4.69, 9.17) is 5.11 Å². The third kappa shape index (κ3) is 4.95. The Morgan fingerprint density at radius 1 is 1.28 bits per heavy atom. The molecule has 0 heterocycles. The van der Waals surface area contributed by atoms with Gasteiger partial charge in [-0.1, -0.05) is 12.1 Å². The maximum Gasteiger partial charge on any atom is 0.303 e. The van der Waals surface area contributed by atoms with Gasteiger partial charge in [0.05, 0.1) is 6.04 Å². The number of aliphatic carboxylic acids is 1. The third-order valence-electron chi connectivity index (χ3n) is 2.54. The van der Waals surface area contributed by atoms with Crippen LogP contribution in [0.4, 0.5) is 4.39 Å². The first kappa shape index (κ1) is 14.2.